The maximum Gasteiger partial charge on any atom is 0.350 e. The minimum atomic E-state index is -0.278. The molecule has 0 aliphatic carbocycles. The number of methoxy groups -OCH3 is 2. The molecule has 0 fully saturated rings. The molecule has 7 nitrogen and oxygen atoms in total. The summed E-state index contributed by atoms with van der Waals surface area (Å²) in [6.45, 7) is 0.266. The first-order valence-electron chi connectivity index (χ1n) is 9.09. The van der Waals surface area contributed by atoms with Crippen LogP contribution in [0.15, 0.2) is 78.0 Å². The Kier molecular flexibility index (Phi) is 5.11. The first-order valence-corrected chi connectivity index (χ1v) is 9.09. The molecule has 0 N–H and O–H groups in total. The number of ether oxygens (including phenoxy) is 2. The number of amides is 2. The van der Waals surface area contributed by atoms with Gasteiger partial charge in [0.1, 0.15) is 17.2 Å². The molecule has 0 bridgehead atoms. The summed E-state index contributed by atoms with van der Waals surface area (Å²) < 4.78 is 10.8. The molecule has 4 rings (SSSR count). The number of benzene rings is 2. The van der Waals surface area contributed by atoms with Gasteiger partial charge in [-0.3, -0.25) is 9.88 Å². The summed E-state index contributed by atoms with van der Waals surface area (Å²) >= 11 is 0. The highest BCUT2D eigenvalue weighted by molar-refractivity contribution is 6.15. The lowest BCUT2D eigenvalue weighted by Gasteiger charge is -2.33. The summed E-state index contributed by atoms with van der Waals surface area (Å²) in [6, 6.07) is 20.0. The number of anilines is 2. The van der Waals surface area contributed by atoms with E-state index < -0.39 is 0 Å². The lowest BCUT2D eigenvalue weighted by atomic mass is 10.1. The molecule has 0 unspecified atom stereocenters. The Morgan fingerprint density at radius 3 is 2.41 bits per heavy atom. The zero-order valence-electron chi connectivity index (χ0n) is 16.1. The second-order valence-corrected chi connectivity index (χ2v) is 6.32. The van der Waals surface area contributed by atoms with Gasteiger partial charge in [-0.05, 0) is 36.4 Å². The van der Waals surface area contributed by atoms with Crippen molar-refractivity contribution in [1.82, 2.24) is 4.98 Å². The summed E-state index contributed by atoms with van der Waals surface area (Å²) in [4.78, 5) is 19.4. The molecule has 3 aromatic rings. The molecular weight excluding hydrogens is 368 g/mol. The summed E-state index contributed by atoms with van der Waals surface area (Å²) in [5.74, 6) is 1.18. The van der Waals surface area contributed by atoms with E-state index in [2.05, 4.69) is 10.1 Å². The lowest BCUT2D eigenvalue weighted by Crippen LogP contribution is -2.49. The third kappa shape index (κ3) is 3.62. The molecule has 0 saturated heterocycles. The fourth-order valence-corrected chi connectivity index (χ4v) is 3.13. The van der Waals surface area contributed by atoms with Crippen LogP contribution in [0.2, 0.25) is 0 Å². The molecular formula is C22H20N4O3. The Bertz CT molecular complexity index is 1040. The number of rotatable bonds is 5. The smallest absolute Gasteiger partial charge is 0.350 e. The highest BCUT2D eigenvalue weighted by atomic mass is 16.5. The molecule has 0 radical (unpaired) electrons. The average Bonchev–Trinajstić information content (AvgIpc) is 2.80. The molecule has 1 aromatic heterocycles. The quantitative estimate of drug-likeness (QED) is 0.664. The van der Waals surface area contributed by atoms with Crippen molar-refractivity contribution in [3.05, 3.63) is 78.6 Å². The molecule has 29 heavy (non-hydrogen) atoms. The first kappa shape index (κ1) is 18.5. The third-order valence-corrected chi connectivity index (χ3v) is 4.58. The summed E-state index contributed by atoms with van der Waals surface area (Å²) in [5, 5.41) is 5.99. The number of hydrogen-bond donors (Lipinski definition) is 0. The number of para-hydroxylation sites is 1. The molecule has 146 valence electrons. The van der Waals surface area contributed by atoms with Gasteiger partial charge in [-0.2, -0.15) is 10.1 Å². The largest absolute Gasteiger partial charge is 0.497 e. The normalized spacial score (nSPS) is 13.9. The van der Waals surface area contributed by atoms with Gasteiger partial charge in [0.05, 0.1) is 37.8 Å². The molecule has 0 spiro atoms. The zero-order chi connectivity index (χ0) is 20.2. The number of nitrogens with zero attached hydrogens (tertiary/aromatic N) is 4. The Morgan fingerprint density at radius 1 is 0.931 bits per heavy atom. The van der Waals surface area contributed by atoms with E-state index >= 15 is 0 Å². The molecule has 7 heteroatoms. The van der Waals surface area contributed by atoms with Crippen molar-refractivity contribution < 1.29 is 14.3 Å². The number of urea groups is 1. The van der Waals surface area contributed by atoms with E-state index in [1.54, 1.807) is 43.5 Å². The van der Waals surface area contributed by atoms with Gasteiger partial charge >= 0.3 is 6.03 Å². The Hall–Kier alpha value is -3.87. The van der Waals surface area contributed by atoms with Crippen LogP contribution in [0, 0.1) is 0 Å². The van der Waals surface area contributed by atoms with E-state index in [4.69, 9.17) is 9.47 Å². The summed E-state index contributed by atoms with van der Waals surface area (Å²) in [5.41, 5.74) is 2.68. The summed E-state index contributed by atoms with van der Waals surface area (Å²) in [7, 11) is 3.15. The topological polar surface area (TPSA) is 67.3 Å². The van der Waals surface area contributed by atoms with Gasteiger partial charge < -0.3 is 9.47 Å². The van der Waals surface area contributed by atoms with Gasteiger partial charge in [-0.25, -0.2) is 4.79 Å². The number of carbonyl (C=O) groups excluding carboxylic acids is 1. The van der Waals surface area contributed by atoms with E-state index in [9.17, 15) is 4.79 Å². The Balaban J connectivity index is 1.81. The van der Waals surface area contributed by atoms with E-state index in [1.165, 1.54) is 5.01 Å². The SMILES string of the molecule is COc1ccc(N2CC(c3ccccn3)=NN(c3ccccc3)C2=O)c(OC)c1. The van der Waals surface area contributed by atoms with Crippen LogP contribution in [0.3, 0.4) is 0 Å². The second kappa shape index (κ2) is 8.02. The maximum atomic E-state index is 13.4. The second-order valence-electron chi connectivity index (χ2n) is 6.32. The van der Waals surface area contributed by atoms with Gasteiger partial charge in [0, 0.05) is 12.3 Å². The Morgan fingerprint density at radius 2 is 1.72 bits per heavy atom. The van der Waals surface area contributed by atoms with Crippen LogP contribution in [0.25, 0.3) is 0 Å². The lowest BCUT2D eigenvalue weighted by molar-refractivity contribution is 0.251. The monoisotopic (exact) mass is 388 g/mol. The van der Waals surface area contributed by atoms with E-state index in [0.29, 0.717) is 34.3 Å². The Labute approximate surface area is 168 Å². The van der Waals surface area contributed by atoms with Crippen LogP contribution < -0.4 is 19.4 Å². The molecule has 1 aliphatic heterocycles. The van der Waals surface area contributed by atoms with Gasteiger partial charge in [0.15, 0.2) is 0 Å². The van der Waals surface area contributed by atoms with Crippen molar-refractivity contribution in [3.63, 3.8) is 0 Å². The van der Waals surface area contributed by atoms with Gasteiger partial charge in [-0.15, -0.1) is 0 Å². The van der Waals surface area contributed by atoms with Crippen LogP contribution in [0.4, 0.5) is 16.2 Å². The van der Waals surface area contributed by atoms with Gasteiger partial charge in [0.25, 0.3) is 0 Å². The van der Waals surface area contributed by atoms with Crippen LogP contribution in [-0.2, 0) is 0 Å². The highest BCUT2D eigenvalue weighted by Gasteiger charge is 2.32. The fraction of sp³-hybridized carbons (Fsp3) is 0.136. The zero-order valence-corrected chi connectivity index (χ0v) is 16.1. The van der Waals surface area contributed by atoms with E-state index in [-0.39, 0.29) is 12.6 Å². The molecule has 0 saturated carbocycles. The van der Waals surface area contributed by atoms with Crippen molar-refractivity contribution >= 4 is 23.1 Å². The van der Waals surface area contributed by atoms with E-state index in [0.717, 1.165) is 0 Å². The standard InChI is InChI=1S/C22H20N4O3/c1-28-17-11-12-20(21(14-17)29-2)25-15-19(18-10-6-7-13-23-18)24-26(22(25)27)16-8-4-3-5-9-16/h3-14H,15H2,1-2H3. The van der Waals surface area contributed by atoms with Crippen LogP contribution >= 0.6 is 0 Å². The van der Waals surface area contributed by atoms with Crippen molar-refractivity contribution in [2.24, 2.45) is 5.10 Å². The molecule has 2 aromatic carbocycles. The average molecular weight is 388 g/mol. The maximum absolute atomic E-state index is 13.4. The van der Waals surface area contributed by atoms with Crippen LogP contribution in [-0.4, -0.2) is 37.5 Å². The summed E-state index contributed by atoms with van der Waals surface area (Å²) in [6.07, 6.45) is 1.71. The number of aromatic nitrogens is 1. The molecule has 2 amide bonds. The van der Waals surface area contributed by atoms with Gasteiger partial charge in [0.2, 0.25) is 0 Å². The van der Waals surface area contributed by atoms with Crippen LogP contribution in [0.5, 0.6) is 11.5 Å². The van der Waals surface area contributed by atoms with E-state index in [1.807, 2.05) is 48.5 Å². The first-order chi connectivity index (χ1) is 14.2. The fourth-order valence-electron chi connectivity index (χ4n) is 3.13. The molecule has 1 aliphatic rings. The molecule has 2 heterocycles. The van der Waals surface area contributed by atoms with Crippen molar-refractivity contribution in [1.29, 1.82) is 0 Å². The number of pyridine rings is 1. The number of hydrogen-bond acceptors (Lipinski definition) is 5. The van der Waals surface area contributed by atoms with Crippen molar-refractivity contribution in [2.45, 2.75) is 0 Å². The van der Waals surface area contributed by atoms with Gasteiger partial charge in [-0.1, -0.05) is 24.3 Å². The minimum absolute atomic E-state index is 0.266. The minimum Gasteiger partial charge on any atom is -0.497 e. The molecule has 0 atom stereocenters. The van der Waals surface area contributed by atoms with Crippen molar-refractivity contribution in [3.8, 4) is 11.5 Å². The predicted octanol–water partition coefficient (Wildman–Crippen LogP) is 3.95. The predicted molar refractivity (Wildman–Crippen MR) is 112 cm³/mol. The highest BCUT2D eigenvalue weighted by Crippen LogP contribution is 2.35. The number of carbonyl (C=O) groups is 1. The number of hydrazone groups is 1. The third-order valence-electron chi connectivity index (χ3n) is 4.58. The van der Waals surface area contributed by atoms with Crippen LogP contribution in [0.1, 0.15) is 5.69 Å². The van der Waals surface area contributed by atoms with Crippen molar-refractivity contribution in [2.75, 3.05) is 30.7 Å².